The summed E-state index contributed by atoms with van der Waals surface area (Å²) in [6.45, 7) is 4.62. The second-order valence-corrected chi connectivity index (χ2v) is 29.5. The fraction of sp³-hybridized carbons (Fsp3) is 0.735. The van der Waals surface area contributed by atoms with Crippen molar-refractivity contribution in [1.29, 1.82) is 0 Å². The van der Waals surface area contributed by atoms with Crippen molar-refractivity contribution in [3.05, 3.63) is 109 Å². The van der Waals surface area contributed by atoms with E-state index < -0.39 is 97.5 Å². The molecule has 0 aromatic heterocycles. The van der Waals surface area contributed by atoms with Crippen molar-refractivity contribution in [3.8, 4) is 0 Å². The minimum atomic E-state index is -4.98. The van der Waals surface area contributed by atoms with Crippen LogP contribution in [0.5, 0.6) is 0 Å². The molecular formula is C83H144O17P2. The molecule has 0 aliphatic rings. The van der Waals surface area contributed by atoms with Crippen LogP contribution in [0.2, 0.25) is 0 Å². The van der Waals surface area contributed by atoms with Gasteiger partial charge in [-0.15, -0.1) is 0 Å². The second kappa shape index (κ2) is 75.0. The zero-order valence-corrected chi connectivity index (χ0v) is 66.0. The van der Waals surface area contributed by atoms with Crippen molar-refractivity contribution in [2.24, 2.45) is 0 Å². The Labute approximate surface area is 619 Å². The third-order valence-electron chi connectivity index (χ3n) is 16.7. The average molecular weight is 1480 g/mol. The lowest BCUT2D eigenvalue weighted by Gasteiger charge is -2.21. The quantitative estimate of drug-likeness (QED) is 0.0169. The molecule has 0 rings (SSSR count). The highest BCUT2D eigenvalue weighted by atomic mass is 31.2. The normalized spacial score (nSPS) is 14.5. The van der Waals surface area contributed by atoms with E-state index in [1.54, 1.807) is 0 Å². The molecule has 0 aliphatic carbocycles. The van der Waals surface area contributed by atoms with Crippen LogP contribution in [0, 0.1) is 0 Å². The number of carbonyl (C=O) groups is 4. The summed E-state index contributed by atoms with van der Waals surface area (Å²) < 4.78 is 68.6. The van der Waals surface area contributed by atoms with Crippen LogP contribution < -0.4 is 0 Å². The molecule has 0 aliphatic heterocycles. The molecule has 0 aromatic carbocycles. The summed E-state index contributed by atoms with van der Waals surface area (Å²) in [7, 11) is -9.96. The third kappa shape index (κ3) is 74.0. The van der Waals surface area contributed by atoms with Crippen LogP contribution in [0.25, 0.3) is 0 Å². The van der Waals surface area contributed by atoms with E-state index in [-0.39, 0.29) is 25.7 Å². The van der Waals surface area contributed by atoms with Crippen molar-refractivity contribution in [3.63, 3.8) is 0 Å². The topological polar surface area (TPSA) is 237 Å². The molecule has 0 bridgehead atoms. The summed E-state index contributed by atoms with van der Waals surface area (Å²) in [6.07, 6.45) is 80.7. The number of phosphoric ester groups is 2. The zero-order chi connectivity index (χ0) is 74.6. The molecule has 0 spiro atoms. The predicted octanol–water partition coefficient (Wildman–Crippen LogP) is 23.3. The summed E-state index contributed by atoms with van der Waals surface area (Å²) in [5, 5.41) is 10.6. The highest BCUT2D eigenvalue weighted by Gasteiger charge is 2.30. The summed E-state index contributed by atoms with van der Waals surface area (Å²) in [5.74, 6) is -2.20. The van der Waals surface area contributed by atoms with Crippen molar-refractivity contribution in [2.45, 2.75) is 354 Å². The largest absolute Gasteiger partial charge is 0.472 e. The van der Waals surface area contributed by atoms with Gasteiger partial charge in [-0.3, -0.25) is 37.3 Å². The highest BCUT2D eigenvalue weighted by Crippen LogP contribution is 2.45. The Morgan fingerprint density at radius 1 is 0.284 bits per heavy atom. The standard InChI is InChI=1S/C83H144O17P2/c1-5-9-13-17-21-25-29-32-34-36-38-40-42-45-48-51-55-59-63-67-80(85)93-73-78(99-82(87)69-65-61-57-53-47-28-24-20-16-12-8-4)75-97-101(89,90)95-71-77(84)72-96-102(91,92)98-76-79(100-83(88)70-66-62-58-54-50-44-31-27-23-19-15-11-7-3)74-94-81(86)68-64-60-56-52-49-46-43-41-39-37-35-33-30-26-22-18-14-10-6-2/h9-10,13-14,21-22,25-27,31-35,38-41,77-79,84H,5-8,11-12,15-20,23-24,28-30,36-37,42-76H2,1-4H3,(H,89,90)(H,91,92)/b13-9-,14-10-,25-21-,26-22-,31-27-,34-32-,35-33-,40-38-,41-39-. The Morgan fingerprint density at radius 2 is 0.510 bits per heavy atom. The molecule has 102 heavy (non-hydrogen) atoms. The number of aliphatic hydroxyl groups excluding tert-OH is 1. The molecule has 5 unspecified atom stereocenters. The first-order chi connectivity index (χ1) is 49.7. The minimum Gasteiger partial charge on any atom is -0.462 e. The molecule has 588 valence electrons. The fourth-order valence-electron chi connectivity index (χ4n) is 10.7. The van der Waals surface area contributed by atoms with E-state index in [1.807, 2.05) is 0 Å². The van der Waals surface area contributed by atoms with Crippen molar-refractivity contribution in [1.82, 2.24) is 0 Å². The molecule has 0 radical (unpaired) electrons. The minimum absolute atomic E-state index is 0.0814. The van der Waals surface area contributed by atoms with E-state index in [9.17, 15) is 43.2 Å². The maximum absolute atomic E-state index is 13.1. The smallest absolute Gasteiger partial charge is 0.462 e. The molecule has 5 atom stereocenters. The summed E-state index contributed by atoms with van der Waals surface area (Å²) in [6, 6.07) is 0. The number of hydrogen-bond acceptors (Lipinski definition) is 15. The van der Waals surface area contributed by atoms with Gasteiger partial charge in [0.1, 0.15) is 19.3 Å². The first-order valence-corrected chi connectivity index (χ1v) is 43.1. The van der Waals surface area contributed by atoms with Crippen LogP contribution in [0.1, 0.15) is 336 Å². The van der Waals surface area contributed by atoms with Crippen LogP contribution in [-0.2, 0) is 65.4 Å². The van der Waals surface area contributed by atoms with Gasteiger partial charge in [-0.1, -0.05) is 291 Å². The van der Waals surface area contributed by atoms with Gasteiger partial charge in [0.05, 0.1) is 26.4 Å². The number of aliphatic hydroxyl groups is 1. The van der Waals surface area contributed by atoms with Gasteiger partial charge in [0.25, 0.3) is 0 Å². The maximum atomic E-state index is 13.1. The molecule has 19 heteroatoms. The molecule has 0 saturated heterocycles. The Bertz CT molecular complexity index is 2360. The molecule has 0 amide bonds. The Balaban J connectivity index is 5.30. The first kappa shape index (κ1) is 97.7. The van der Waals surface area contributed by atoms with Gasteiger partial charge in [-0.2, -0.15) is 0 Å². The number of esters is 4. The fourth-order valence-corrected chi connectivity index (χ4v) is 12.2. The number of phosphoric acid groups is 2. The number of hydrogen-bond donors (Lipinski definition) is 3. The third-order valence-corrected chi connectivity index (χ3v) is 18.6. The molecule has 0 aromatic rings. The SMILES string of the molecule is CC/C=C\C/C=C\C/C=C\C/C=C\CCCCCCCCC(=O)OCC(COP(=O)(O)OCC(O)COP(=O)(O)OCC(COC(=O)CCCCCCCC/C=C\C/C=C\C/C=C\C/C=C\CC)OC(=O)CCCCCCCCCCCCC)OC(=O)CCCCCCC/C=C\CCCCCC. The lowest BCUT2D eigenvalue weighted by atomic mass is 10.1. The first-order valence-electron chi connectivity index (χ1n) is 40.1. The van der Waals surface area contributed by atoms with Gasteiger partial charge in [0.15, 0.2) is 12.2 Å². The van der Waals surface area contributed by atoms with E-state index in [0.29, 0.717) is 25.7 Å². The van der Waals surface area contributed by atoms with E-state index in [0.717, 1.165) is 193 Å². The number of unbranched alkanes of at least 4 members (excludes halogenated alkanes) is 31. The monoisotopic (exact) mass is 1470 g/mol. The molecular weight excluding hydrogens is 1330 g/mol. The molecule has 3 N–H and O–H groups in total. The van der Waals surface area contributed by atoms with Crippen LogP contribution in [0.15, 0.2) is 109 Å². The molecule has 17 nitrogen and oxygen atoms in total. The molecule has 0 heterocycles. The van der Waals surface area contributed by atoms with Gasteiger partial charge in [-0.25, -0.2) is 9.13 Å². The van der Waals surface area contributed by atoms with Crippen LogP contribution in [0.4, 0.5) is 0 Å². The average Bonchev–Trinajstić information content (AvgIpc) is 0.907. The lowest BCUT2D eigenvalue weighted by molar-refractivity contribution is -0.161. The Kier molecular flexibility index (Phi) is 71.8. The number of allylic oxidation sites excluding steroid dienone is 18. The van der Waals surface area contributed by atoms with Crippen molar-refractivity contribution in [2.75, 3.05) is 39.6 Å². The van der Waals surface area contributed by atoms with Crippen LogP contribution in [-0.4, -0.2) is 96.7 Å². The summed E-state index contributed by atoms with van der Waals surface area (Å²) in [4.78, 5) is 73.0. The Hall–Kier alpha value is -4.28. The van der Waals surface area contributed by atoms with E-state index in [2.05, 4.69) is 137 Å². The van der Waals surface area contributed by atoms with Gasteiger partial charge < -0.3 is 33.8 Å². The number of rotatable bonds is 75. The molecule has 0 saturated carbocycles. The van der Waals surface area contributed by atoms with Crippen LogP contribution in [0.3, 0.4) is 0 Å². The zero-order valence-electron chi connectivity index (χ0n) is 64.3. The summed E-state index contributed by atoms with van der Waals surface area (Å²) >= 11 is 0. The predicted molar refractivity (Wildman–Crippen MR) is 418 cm³/mol. The van der Waals surface area contributed by atoms with E-state index in [1.165, 1.54) is 64.2 Å². The van der Waals surface area contributed by atoms with Gasteiger partial charge in [-0.05, 0) is 128 Å². The Morgan fingerprint density at radius 3 is 0.804 bits per heavy atom. The van der Waals surface area contributed by atoms with E-state index >= 15 is 0 Å². The highest BCUT2D eigenvalue weighted by molar-refractivity contribution is 7.47. The van der Waals surface area contributed by atoms with Crippen LogP contribution >= 0.6 is 15.6 Å². The maximum Gasteiger partial charge on any atom is 0.472 e. The number of ether oxygens (including phenoxy) is 4. The van der Waals surface area contributed by atoms with Gasteiger partial charge in [0.2, 0.25) is 0 Å². The van der Waals surface area contributed by atoms with Gasteiger partial charge in [0, 0.05) is 25.7 Å². The second-order valence-electron chi connectivity index (χ2n) is 26.6. The van der Waals surface area contributed by atoms with Crippen molar-refractivity contribution >= 4 is 39.5 Å². The van der Waals surface area contributed by atoms with E-state index in [4.69, 9.17) is 37.0 Å². The summed E-state index contributed by atoms with van der Waals surface area (Å²) in [5.41, 5.74) is 0. The number of carbonyl (C=O) groups excluding carboxylic acids is 4. The lowest BCUT2D eigenvalue weighted by Crippen LogP contribution is -2.30. The molecule has 0 fully saturated rings. The van der Waals surface area contributed by atoms with Crippen molar-refractivity contribution < 1.29 is 80.2 Å². The van der Waals surface area contributed by atoms with Gasteiger partial charge >= 0.3 is 39.5 Å².